The molecule has 1 unspecified atom stereocenters. The van der Waals surface area contributed by atoms with Crippen LogP contribution in [0.15, 0.2) is 30.3 Å². The Balaban J connectivity index is 1.81. The predicted molar refractivity (Wildman–Crippen MR) is 117 cm³/mol. The molecule has 0 saturated carbocycles. The first-order chi connectivity index (χ1) is 13.7. The molecule has 1 atom stereocenters. The van der Waals surface area contributed by atoms with Gasteiger partial charge in [0.1, 0.15) is 11.6 Å². The van der Waals surface area contributed by atoms with Crippen molar-refractivity contribution in [3.05, 3.63) is 52.4 Å². The molecule has 0 amide bonds. The van der Waals surface area contributed by atoms with E-state index in [4.69, 9.17) is 21.6 Å². The van der Waals surface area contributed by atoms with Crippen molar-refractivity contribution < 1.29 is 8.42 Å². The summed E-state index contributed by atoms with van der Waals surface area (Å²) in [4.78, 5) is 11.3. The van der Waals surface area contributed by atoms with Crippen molar-refractivity contribution in [2.75, 3.05) is 39.1 Å². The van der Waals surface area contributed by atoms with E-state index in [1.807, 2.05) is 25.1 Å². The highest BCUT2D eigenvalue weighted by Crippen LogP contribution is 2.23. The Morgan fingerprint density at radius 3 is 2.66 bits per heavy atom. The van der Waals surface area contributed by atoms with Crippen LogP contribution in [-0.4, -0.2) is 56.9 Å². The number of hydrogen-bond acceptors (Lipinski definition) is 6. The minimum atomic E-state index is -3.51. The van der Waals surface area contributed by atoms with E-state index < -0.39 is 10.0 Å². The smallest absolute Gasteiger partial charge is 0.218 e. The first-order valence-corrected chi connectivity index (χ1v) is 11.7. The van der Waals surface area contributed by atoms with Crippen molar-refractivity contribution in [2.24, 2.45) is 0 Å². The highest BCUT2D eigenvalue weighted by molar-refractivity contribution is 7.88. The number of rotatable bonds is 7. The zero-order chi connectivity index (χ0) is 21.0. The lowest BCUT2D eigenvalue weighted by molar-refractivity contribution is 0.438. The minimum Gasteiger partial charge on any atom is -0.363 e. The Bertz CT molecular complexity index is 946. The fraction of sp³-hybridized carbons (Fsp3) is 0.500. The summed E-state index contributed by atoms with van der Waals surface area (Å²) >= 11 is 5.99. The summed E-state index contributed by atoms with van der Waals surface area (Å²) in [6.45, 7) is 2.06. The summed E-state index contributed by atoms with van der Waals surface area (Å²) in [6, 6.07) is 8.78. The average Bonchev–Trinajstić information content (AvgIpc) is 2.68. The van der Waals surface area contributed by atoms with Gasteiger partial charge in [-0.05, 0) is 37.1 Å². The van der Waals surface area contributed by atoms with Crippen molar-refractivity contribution in [3.63, 3.8) is 0 Å². The van der Waals surface area contributed by atoms with Crippen LogP contribution < -0.4 is 10.2 Å². The normalized spacial score (nSPS) is 17.5. The maximum absolute atomic E-state index is 12.8. The van der Waals surface area contributed by atoms with Crippen LogP contribution in [0.5, 0.6) is 0 Å². The summed E-state index contributed by atoms with van der Waals surface area (Å²) in [5.41, 5.74) is 1.36. The van der Waals surface area contributed by atoms with Gasteiger partial charge in [-0.25, -0.2) is 18.4 Å². The number of sulfonamides is 1. The molecule has 0 radical (unpaired) electrons. The average molecular weight is 438 g/mol. The third kappa shape index (κ3) is 5.88. The number of halogens is 1. The van der Waals surface area contributed by atoms with Crippen LogP contribution in [0.2, 0.25) is 5.02 Å². The molecule has 1 aromatic heterocycles. The van der Waals surface area contributed by atoms with Gasteiger partial charge < -0.3 is 10.2 Å². The highest BCUT2D eigenvalue weighted by atomic mass is 35.5. The van der Waals surface area contributed by atoms with E-state index in [1.54, 1.807) is 31.3 Å². The molecule has 0 spiro atoms. The monoisotopic (exact) mass is 437 g/mol. The summed E-state index contributed by atoms with van der Waals surface area (Å²) in [5, 5.41) is 3.91. The SMILES string of the molecule is CN(C)c1cc(CN(C)S(=O)(=O)Cc2cccc(Cl)c2)nc(C2CCCNC2)n1. The molecule has 1 N–H and O–H groups in total. The van der Waals surface area contributed by atoms with Crippen molar-refractivity contribution in [2.45, 2.75) is 31.1 Å². The molecule has 1 aliphatic rings. The molecule has 3 rings (SSSR count). The van der Waals surface area contributed by atoms with E-state index in [9.17, 15) is 8.42 Å². The van der Waals surface area contributed by atoms with E-state index in [0.29, 0.717) is 16.3 Å². The highest BCUT2D eigenvalue weighted by Gasteiger charge is 2.23. The molecule has 29 heavy (non-hydrogen) atoms. The largest absolute Gasteiger partial charge is 0.363 e. The van der Waals surface area contributed by atoms with E-state index in [1.165, 1.54) is 4.31 Å². The number of anilines is 1. The maximum atomic E-state index is 12.8. The predicted octanol–water partition coefficient (Wildman–Crippen LogP) is 2.62. The lowest BCUT2D eigenvalue weighted by Gasteiger charge is -2.24. The van der Waals surface area contributed by atoms with Gasteiger partial charge in [-0.15, -0.1) is 0 Å². The number of piperidine rings is 1. The summed E-state index contributed by atoms with van der Waals surface area (Å²) in [7, 11) is 1.92. The molecule has 2 heterocycles. The molecule has 9 heteroatoms. The van der Waals surface area contributed by atoms with Gasteiger partial charge in [0.15, 0.2) is 0 Å². The molecule has 1 aliphatic heterocycles. The Kier molecular flexibility index (Phi) is 7.10. The molecular weight excluding hydrogens is 410 g/mol. The van der Waals surface area contributed by atoms with Gasteiger partial charge in [0.05, 0.1) is 18.0 Å². The van der Waals surface area contributed by atoms with Crippen LogP contribution in [0, 0.1) is 0 Å². The van der Waals surface area contributed by atoms with Gasteiger partial charge in [0, 0.05) is 44.7 Å². The molecular formula is C20H28ClN5O2S. The van der Waals surface area contributed by atoms with Crippen molar-refractivity contribution in [1.82, 2.24) is 19.6 Å². The van der Waals surface area contributed by atoms with Gasteiger partial charge in [-0.3, -0.25) is 0 Å². The van der Waals surface area contributed by atoms with Crippen molar-refractivity contribution in [3.8, 4) is 0 Å². The second kappa shape index (κ2) is 9.38. The van der Waals surface area contributed by atoms with Gasteiger partial charge in [0.2, 0.25) is 10.0 Å². The third-order valence-corrected chi connectivity index (χ3v) is 7.01. The standard InChI is InChI=1S/C20H28ClN5O2S/c1-25(2)19-11-18(23-20(24-19)16-7-5-9-22-12-16)13-26(3)29(27,28)14-15-6-4-8-17(21)10-15/h4,6,8,10-11,16,22H,5,7,9,12-14H2,1-3H3. The quantitative estimate of drug-likeness (QED) is 0.717. The Hall–Kier alpha value is -1.74. The topological polar surface area (TPSA) is 78.4 Å². The van der Waals surface area contributed by atoms with E-state index in [2.05, 4.69) is 5.32 Å². The first-order valence-electron chi connectivity index (χ1n) is 9.69. The molecule has 0 bridgehead atoms. The van der Waals surface area contributed by atoms with Crippen LogP contribution in [0.25, 0.3) is 0 Å². The molecule has 1 fully saturated rings. The van der Waals surface area contributed by atoms with E-state index in [0.717, 1.165) is 37.6 Å². The molecule has 2 aromatic rings. The molecule has 158 valence electrons. The molecule has 1 saturated heterocycles. The molecule has 7 nitrogen and oxygen atoms in total. The lowest BCUT2D eigenvalue weighted by atomic mass is 9.99. The Morgan fingerprint density at radius 2 is 2.00 bits per heavy atom. The van der Waals surface area contributed by atoms with Crippen molar-refractivity contribution >= 4 is 27.4 Å². The maximum Gasteiger partial charge on any atom is 0.218 e. The van der Waals surface area contributed by atoms with Gasteiger partial charge in [-0.1, -0.05) is 23.7 Å². The van der Waals surface area contributed by atoms with Crippen LogP contribution in [0.4, 0.5) is 5.82 Å². The second-order valence-electron chi connectivity index (χ2n) is 7.66. The summed E-state index contributed by atoms with van der Waals surface area (Å²) < 4.78 is 27.0. The Morgan fingerprint density at radius 1 is 1.21 bits per heavy atom. The van der Waals surface area contributed by atoms with Crippen LogP contribution in [-0.2, 0) is 22.3 Å². The zero-order valence-corrected chi connectivity index (χ0v) is 18.7. The molecule has 0 aliphatic carbocycles. The summed E-state index contributed by atoms with van der Waals surface area (Å²) in [5.74, 6) is 1.71. The first kappa shape index (κ1) is 22.0. The lowest BCUT2D eigenvalue weighted by Crippen LogP contribution is -2.31. The number of aromatic nitrogens is 2. The molecule has 1 aromatic carbocycles. The minimum absolute atomic E-state index is 0.102. The second-order valence-corrected chi connectivity index (χ2v) is 10.2. The van der Waals surface area contributed by atoms with Gasteiger partial charge in [-0.2, -0.15) is 4.31 Å². The fourth-order valence-electron chi connectivity index (χ4n) is 3.34. The summed E-state index contributed by atoms with van der Waals surface area (Å²) in [6.07, 6.45) is 2.12. The van der Waals surface area contributed by atoms with E-state index >= 15 is 0 Å². The third-order valence-electron chi connectivity index (χ3n) is 5.00. The number of nitrogens with zero attached hydrogens (tertiary/aromatic N) is 4. The van der Waals surface area contributed by atoms with Gasteiger partial charge in [0.25, 0.3) is 0 Å². The van der Waals surface area contributed by atoms with Gasteiger partial charge >= 0.3 is 0 Å². The number of hydrogen-bond donors (Lipinski definition) is 1. The van der Waals surface area contributed by atoms with E-state index in [-0.39, 0.29) is 18.2 Å². The number of benzene rings is 1. The van der Waals surface area contributed by atoms with Crippen LogP contribution in [0.3, 0.4) is 0 Å². The van der Waals surface area contributed by atoms with Crippen LogP contribution in [0.1, 0.15) is 35.8 Å². The Labute approximate surface area is 178 Å². The number of nitrogens with one attached hydrogen (secondary N) is 1. The fourth-order valence-corrected chi connectivity index (χ4v) is 4.71. The van der Waals surface area contributed by atoms with Crippen molar-refractivity contribution in [1.29, 1.82) is 0 Å². The zero-order valence-electron chi connectivity index (χ0n) is 17.1. The van der Waals surface area contributed by atoms with Crippen LogP contribution >= 0.6 is 11.6 Å².